The highest BCUT2D eigenvalue weighted by Gasteiger charge is 2.22. The number of Topliss-reactive ketones (excluding diaryl/α,β-unsaturated/α-hetero) is 1. The first kappa shape index (κ1) is 14.2. The molecule has 0 amide bonds. The van der Waals surface area contributed by atoms with E-state index in [1.165, 1.54) is 6.07 Å². The molecule has 0 radical (unpaired) electrons. The number of hydrogen-bond acceptors (Lipinski definition) is 3. The highest BCUT2D eigenvalue weighted by Crippen LogP contribution is 2.14. The fraction of sp³-hybridized carbons (Fsp3) is 0.533. The van der Waals surface area contributed by atoms with Gasteiger partial charge in [-0.1, -0.05) is 19.1 Å². The highest BCUT2D eigenvalue weighted by molar-refractivity contribution is 5.98. The molecule has 1 saturated heterocycles. The summed E-state index contributed by atoms with van der Waals surface area (Å²) in [6.45, 7) is 6.60. The van der Waals surface area contributed by atoms with E-state index in [1.807, 2.05) is 6.92 Å². The summed E-state index contributed by atoms with van der Waals surface area (Å²) < 4.78 is 13.6. The summed E-state index contributed by atoms with van der Waals surface area (Å²) in [6, 6.07) is 6.23. The van der Waals surface area contributed by atoms with Crippen molar-refractivity contribution >= 4 is 5.78 Å². The minimum Gasteiger partial charge on any atom is -0.304 e. The van der Waals surface area contributed by atoms with Crippen LogP contribution in [-0.4, -0.2) is 55.4 Å². The average Bonchev–Trinajstić information content (AvgIpc) is 2.41. The minimum atomic E-state index is -0.419. The lowest BCUT2D eigenvalue weighted by Gasteiger charge is -2.33. The Bertz CT molecular complexity index is 442. The molecule has 2 rings (SSSR count). The molecule has 1 fully saturated rings. The molecule has 1 aliphatic heterocycles. The van der Waals surface area contributed by atoms with Crippen LogP contribution in [0.2, 0.25) is 0 Å². The van der Waals surface area contributed by atoms with Crippen LogP contribution < -0.4 is 0 Å². The molecule has 0 N–H and O–H groups in total. The van der Waals surface area contributed by atoms with Gasteiger partial charge in [0.15, 0.2) is 5.78 Å². The highest BCUT2D eigenvalue weighted by atomic mass is 19.1. The minimum absolute atomic E-state index is 0.1000. The summed E-state index contributed by atoms with van der Waals surface area (Å²) in [7, 11) is 2.10. The van der Waals surface area contributed by atoms with Crippen molar-refractivity contribution in [2.24, 2.45) is 5.92 Å². The number of nitrogens with zero attached hydrogens (tertiary/aromatic N) is 2. The van der Waals surface area contributed by atoms with Crippen molar-refractivity contribution in [3.63, 3.8) is 0 Å². The maximum absolute atomic E-state index is 13.6. The normalized spacial score (nSPS) is 19.3. The topological polar surface area (TPSA) is 23.6 Å². The first-order valence-corrected chi connectivity index (χ1v) is 6.77. The zero-order valence-corrected chi connectivity index (χ0v) is 11.6. The van der Waals surface area contributed by atoms with Gasteiger partial charge < -0.3 is 9.80 Å². The third kappa shape index (κ3) is 3.61. The molecule has 104 valence electrons. The van der Waals surface area contributed by atoms with Gasteiger partial charge in [0.05, 0.1) is 5.56 Å². The quantitative estimate of drug-likeness (QED) is 0.776. The van der Waals surface area contributed by atoms with Gasteiger partial charge in [-0.2, -0.15) is 0 Å². The summed E-state index contributed by atoms with van der Waals surface area (Å²) >= 11 is 0. The van der Waals surface area contributed by atoms with Gasteiger partial charge in [-0.15, -0.1) is 0 Å². The smallest absolute Gasteiger partial charge is 0.169 e. The molecule has 0 saturated carbocycles. The van der Waals surface area contributed by atoms with E-state index in [9.17, 15) is 9.18 Å². The standard InChI is InChI=1S/C15H21FN2O/c1-12(11-18-9-7-17(2)8-10-18)15(19)13-5-3-4-6-14(13)16/h3-6,12H,7-11H2,1-2H3. The van der Waals surface area contributed by atoms with Crippen molar-refractivity contribution in [3.05, 3.63) is 35.6 Å². The third-order valence-electron chi connectivity index (χ3n) is 3.71. The van der Waals surface area contributed by atoms with Gasteiger partial charge in [0.25, 0.3) is 0 Å². The van der Waals surface area contributed by atoms with Crippen molar-refractivity contribution in [1.29, 1.82) is 0 Å². The van der Waals surface area contributed by atoms with Crippen molar-refractivity contribution in [1.82, 2.24) is 9.80 Å². The fourth-order valence-corrected chi connectivity index (χ4v) is 2.43. The van der Waals surface area contributed by atoms with E-state index in [2.05, 4.69) is 16.8 Å². The van der Waals surface area contributed by atoms with Gasteiger partial charge in [-0.05, 0) is 19.2 Å². The maximum atomic E-state index is 13.6. The van der Waals surface area contributed by atoms with Crippen LogP contribution in [0.1, 0.15) is 17.3 Å². The Kier molecular flexibility index (Phi) is 4.66. The van der Waals surface area contributed by atoms with Gasteiger partial charge in [0.1, 0.15) is 5.82 Å². The molecule has 1 atom stereocenters. The van der Waals surface area contributed by atoms with Gasteiger partial charge >= 0.3 is 0 Å². The molecule has 1 aliphatic rings. The van der Waals surface area contributed by atoms with E-state index < -0.39 is 5.82 Å². The Labute approximate surface area is 114 Å². The number of piperazine rings is 1. The second kappa shape index (κ2) is 6.26. The molecule has 19 heavy (non-hydrogen) atoms. The molecular weight excluding hydrogens is 243 g/mol. The number of hydrogen-bond donors (Lipinski definition) is 0. The number of halogens is 1. The predicted octanol–water partition coefficient (Wildman–Crippen LogP) is 1.89. The predicted molar refractivity (Wildman–Crippen MR) is 73.8 cm³/mol. The molecule has 0 bridgehead atoms. The van der Waals surface area contributed by atoms with Crippen LogP contribution in [0.4, 0.5) is 4.39 Å². The zero-order valence-electron chi connectivity index (χ0n) is 11.6. The Balaban J connectivity index is 1.94. The van der Waals surface area contributed by atoms with E-state index in [0.717, 1.165) is 26.2 Å². The van der Waals surface area contributed by atoms with E-state index in [-0.39, 0.29) is 17.3 Å². The van der Waals surface area contributed by atoms with Crippen LogP contribution in [0.25, 0.3) is 0 Å². The van der Waals surface area contributed by atoms with E-state index >= 15 is 0 Å². The van der Waals surface area contributed by atoms with Gasteiger partial charge in [-0.25, -0.2) is 4.39 Å². The maximum Gasteiger partial charge on any atom is 0.169 e. The number of likely N-dealkylation sites (N-methyl/N-ethyl adjacent to an activating group) is 1. The number of carbonyl (C=O) groups excluding carboxylic acids is 1. The van der Waals surface area contributed by atoms with Crippen molar-refractivity contribution in [2.45, 2.75) is 6.92 Å². The van der Waals surface area contributed by atoms with Crippen molar-refractivity contribution in [2.75, 3.05) is 39.8 Å². The lowest BCUT2D eigenvalue weighted by molar-refractivity contribution is 0.0850. The van der Waals surface area contributed by atoms with E-state index in [0.29, 0.717) is 6.54 Å². The van der Waals surface area contributed by atoms with Crippen LogP contribution in [0, 0.1) is 11.7 Å². The summed E-state index contributed by atoms with van der Waals surface area (Å²) in [6.07, 6.45) is 0. The largest absolute Gasteiger partial charge is 0.304 e. The molecule has 1 aromatic rings. The number of benzene rings is 1. The van der Waals surface area contributed by atoms with Crippen LogP contribution in [0.15, 0.2) is 24.3 Å². The molecule has 4 heteroatoms. The van der Waals surface area contributed by atoms with Gasteiger partial charge in [0.2, 0.25) is 0 Å². The second-order valence-corrected chi connectivity index (χ2v) is 5.35. The average molecular weight is 264 g/mol. The molecule has 1 aromatic carbocycles. The van der Waals surface area contributed by atoms with Crippen LogP contribution in [0.3, 0.4) is 0 Å². The van der Waals surface area contributed by atoms with Crippen LogP contribution in [0.5, 0.6) is 0 Å². The molecule has 0 aliphatic carbocycles. The van der Waals surface area contributed by atoms with Crippen LogP contribution >= 0.6 is 0 Å². The second-order valence-electron chi connectivity index (χ2n) is 5.35. The molecule has 1 heterocycles. The summed E-state index contributed by atoms with van der Waals surface area (Å²) in [5.41, 5.74) is 0.212. The summed E-state index contributed by atoms with van der Waals surface area (Å²) in [5.74, 6) is -0.685. The summed E-state index contributed by atoms with van der Waals surface area (Å²) in [4.78, 5) is 16.8. The third-order valence-corrected chi connectivity index (χ3v) is 3.71. The summed E-state index contributed by atoms with van der Waals surface area (Å²) in [5, 5.41) is 0. The molecule has 0 spiro atoms. The lowest BCUT2D eigenvalue weighted by atomic mass is 9.98. The fourth-order valence-electron chi connectivity index (χ4n) is 2.43. The molecule has 3 nitrogen and oxygen atoms in total. The Morgan fingerprint density at radius 2 is 1.89 bits per heavy atom. The van der Waals surface area contributed by atoms with Gasteiger partial charge in [0, 0.05) is 38.6 Å². The zero-order chi connectivity index (χ0) is 13.8. The first-order chi connectivity index (χ1) is 9.08. The SMILES string of the molecule is CC(CN1CCN(C)CC1)C(=O)c1ccccc1F. The number of rotatable bonds is 4. The van der Waals surface area contributed by atoms with E-state index in [1.54, 1.807) is 18.2 Å². The molecular formula is C15H21FN2O. The van der Waals surface area contributed by atoms with Crippen LogP contribution in [-0.2, 0) is 0 Å². The lowest BCUT2D eigenvalue weighted by Crippen LogP contribution is -2.46. The number of ketones is 1. The molecule has 0 aromatic heterocycles. The first-order valence-electron chi connectivity index (χ1n) is 6.77. The van der Waals surface area contributed by atoms with Crippen molar-refractivity contribution in [3.8, 4) is 0 Å². The monoisotopic (exact) mass is 264 g/mol. The number of carbonyl (C=O) groups is 1. The van der Waals surface area contributed by atoms with Crippen molar-refractivity contribution < 1.29 is 9.18 Å². The van der Waals surface area contributed by atoms with E-state index in [4.69, 9.17) is 0 Å². The van der Waals surface area contributed by atoms with Gasteiger partial charge in [-0.3, -0.25) is 4.79 Å². The molecule has 1 unspecified atom stereocenters. The Hall–Kier alpha value is -1.26. The Morgan fingerprint density at radius 1 is 1.26 bits per heavy atom. The Morgan fingerprint density at radius 3 is 2.53 bits per heavy atom.